The number of aryl methyl sites for hydroxylation is 1. The van der Waals surface area contributed by atoms with Crippen LogP contribution in [0.5, 0.6) is 5.75 Å². The minimum absolute atomic E-state index is 0.255. The Morgan fingerprint density at radius 3 is 2.89 bits per heavy atom. The second-order valence-corrected chi connectivity index (χ2v) is 4.82. The number of ketones is 1. The average Bonchev–Trinajstić information content (AvgIpc) is 2.73. The molecule has 1 N–H and O–H groups in total. The van der Waals surface area contributed by atoms with Crippen molar-refractivity contribution in [3.05, 3.63) is 53.3 Å². The van der Waals surface area contributed by atoms with E-state index in [1.165, 1.54) is 0 Å². The maximum Gasteiger partial charge on any atom is 0.164 e. The van der Waals surface area contributed by atoms with E-state index in [0.29, 0.717) is 13.0 Å². The molecular formula is C15H15NO2. The van der Waals surface area contributed by atoms with Gasteiger partial charge in [-0.05, 0) is 36.1 Å². The minimum Gasteiger partial charge on any atom is -0.508 e. The number of aromatic hydroxyl groups is 1. The maximum atomic E-state index is 11.8. The molecule has 1 aliphatic carbocycles. The Kier molecular flexibility index (Phi) is 2.67. The normalized spacial score (nSPS) is 14.6. The highest BCUT2D eigenvalue weighted by atomic mass is 16.3. The zero-order chi connectivity index (χ0) is 12.5. The van der Waals surface area contributed by atoms with Crippen LogP contribution in [0.4, 0.5) is 0 Å². The van der Waals surface area contributed by atoms with Crippen LogP contribution in [0.3, 0.4) is 0 Å². The fourth-order valence-electron chi connectivity index (χ4n) is 2.54. The number of hydrogen-bond acceptors (Lipinski definition) is 2. The van der Waals surface area contributed by atoms with Gasteiger partial charge in [0.2, 0.25) is 0 Å². The molecule has 0 saturated carbocycles. The molecule has 0 unspecified atom stereocenters. The van der Waals surface area contributed by atoms with Crippen molar-refractivity contribution in [1.82, 2.24) is 4.57 Å². The molecule has 3 rings (SSSR count). The van der Waals surface area contributed by atoms with Crippen molar-refractivity contribution in [3.8, 4) is 5.75 Å². The fraction of sp³-hybridized carbons (Fsp3) is 0.267. The van der Waals surface area contributed by atoms with Crippen LogP contribution in [-0.2, 0) is 13.0 Å². The van der Waals surface area contributed by atoms with E-state index in [1.54, 1.807) is 12.1 Å². The molecule has 0 bridgehead atoms. The number of fused-ring (bicyclic) bond motifs is 1. The summed E-state index contributed by atoms with van der Waals surface area (Å²) in [4.78, 5) is 11.8. The van der Waals surface area contributed by atoms with Crippen molar-refractivity contribution in [2.75, 3.05) is 0 Å². The van der Waals surface area contributed by atoms with Crippen LogP contribution in [0.1, 0.15) is 34.3 Å². The monoisotopic (exact) mass is 241 g/mol. The second kappa shape index (κ2) is 4.33. The zero-order valence-corrected chi connectivity index (χ0v) is 10.1. The van der Waals surface area contributed by atoms with Gasteiger partial charge in [-0.3, -0.25) is 4.79 Å². The van der Waals surface area contributed by atoms with E-state index < -0.39 is 0 Å². The van der Waals surface area contributed by atoms with Crippen molar-refractivity contribution < 1.29 is 9.90 Å². The summed E-state index contributed by atoms with van der Waals surface area (Å²) >= 11 is 0. The Bertz CT molecular complexity index is 598. The van der Waals surface area contributed by atoms with Gasteiger partial charge in [0.1, 0.15) is 5.75 Å². The molecule has 1 aromatic heterocycles. The first-order valence-electron chi connectivity index (χ1n) is 6.22. The van der Waals surface area contributed by atoms with E-state index in [9.17, 15) is 9.90 Å². The number of rotatable bonds is 2. The minimum atomic E-state index is 0.255. The van der Waals surface area contributed by atoms with Crippen LogP contribution in [0.15, 0.2) is 36.7 Å². The van der Waals surface area contributed by atoms with Crippen molar-refractivity contribution in [2.24, 2.45) is 0 Å². The Labute approximate surface area is 106 Å². The van der Waals surface area contributed by atoms with Crippen LogP contribution in [0.2, 0.25) is 0 Å². The van der Waals surface area contributed by atoms with Gasteiger partial charge < -0.3 is 9.67 Å². The molecule has 2 aromatic rings. The Hall–Kier alpha value is -2.03. The van der Waals surface area contributed by atoms with Gasteiger partial charge in [-0.15, -0.1) is 0 Å². The lowest BCUT2D eigenvalue weighted by atomic mass is 9.95. The summed E-state index contributed by atoms with van der Waals surface area (Å²) in [6.07, 6.45) is 6.61. The van der Waals surface area contributed by atoms with Crippen LogP contribution in [-0.4, -0.2) is 15.5 Å². The molecule has 0 amide bonds. The summed E-state index contributed by atoms with van der Waals surface area (Å²) in [6, 6.07) is 7.22. The van der Waals surface area contributed by atoms with Gasteiger partial charge >= 0.3 is 0 Å². The first-order chi connectivity index (χ1) is 8.72. The summed E-state index contributed by atoms with van der Waals surface area (Å²) in [5.41, 5.74) is 3.07. The van der Waals surface area contributed by atoms with Crippen LogP contribution in [0, 0.1) is 0 Å². The van der Waals surface area contributed by atoms with Crippen molar-refractivity contribution in [2.45, 2.75) is 25.8 Å². The van der Waals surface area contributed by atoms with Gasteiger partial charge in [0.25, 0.3) is 0 Å². The number of phenols is 1. The van der Waals surface area contributed by atoms with E-state index in [4.69, 9.17) is 0 Å². The van der Waals surface area contributed by atoms with Gasteiger partial charge in [0.15, 0.2) is 5.78 Å². The van der Waals surface area contributed by atoms with Crippen molar-refractivity contribution in [3.63, 3.8) is 0 Å². The molecule has 0 aliphatic heterocycles. The lowest BCUT2D eigenvalue weighted by Crippen LogP contribution is -2.07. The summed E-state index contributed by atoms with van der Waals surface area (Å²) in [5, 5.41) is 9.43. The molecule has 3 heteroatoms. The summed E-state index contributed by atoms with van der Waals surface area (Å²) in [7, 11) is 0. The fourth-order valence-corrected chi connectivity index (χ4v) is 2.54. The Morgan fingerprint density at radius 2 is 2.11 bits per heavy atom. The number of phenolic OH excluding ortho intramolecular Hbond substituents is 1. The predicted molar refractivity (Wildman–Crippen MR) is 68.9 cm³/mol. The van der Waals surface area contributed by atoms with Gasteiger partial charge in [0, 0.05) is 30.9 Å². The predicted octanol–water partition coefficient (Wildman–Crippen LogP) is 2.76. The van der Waals surface area contributed by atoms with E-state index in [1.807, 2.05) is 22.9 Å². The lowest BCUT2D eigenvalue weighted by Gasteiger charge is -2.07. The molecule has 18 heavy (non-hydrogen) atoms. The molecule has 92 valence electrons. The van der Waals surface area contributed by atoms with Crippen molar-refractivity contribution >= 4 is 5.78 Å². The van der Waals surface area contributed by atoms with Gasteiger partial charge in [0.05, 0.1) is 0 Å². The van der Waals surface area contributed by atoms with Gasteiger partial charge in [-0.1, -0.05) is 12.1 Å². The highest BCUT2D eigenvalue weighted by molar-refractivity contribution is 5.98. The number of carbonyl (C=O) groups excluding carboxylic acids is 1. The number of nitrogens with zero attached hydrogens (tertiary/aromatic N) is 1. The van der Waals surface area contributed by atoms with E-state index in [2.05, 4.69) is 6.20 Å². The molecule has 1 aliphatic rings. The molecule has 0 spiro atoms. The first kappa shape index (κ1) is 11.1. The Balaban J connectivity index is 1.88. The largest absolute Gasteiger partial charge is 0.508 e. The third-order valence-electron chi connectivity index (χ3n) is 3.39. The van der Waals surface area contributed by atoms with E-state index >= 15 is 0 Å². The number of hydrogen-bond donors (Lipinski definition) is 1. The summed E-state index contributed by atoms with van der Waals surface area (Å²) in [6.45, 7) is 0.689. The third kappa shape index (κ3) is 2.04. The highest BCUT2D eigenvalue weighted by Crippen LogP contribution is 2.23. The average molecular weight is 241 g/mol. The maximum absolute atomic E-state index is 11.8. The van der Waals surface area contributed by atoms with E-state index in [-0.39, 0.29) is 11.5 Å². The first-order valence-corrected chi connectivity index (χ1v) is 6.22. The molecule has 1 heterocycles. The summed E-state index contributed by atoms with van der Waals surface area (Å²) in [5.74, 6) is 0.534. The number of carbonyl (C=O) groups is 1. The highest BCUT2D eigenvalue weighted by Gasteiger charge is 2.18. The SMILES string of the molecule is O=C1CCCc2cn(Cc3cccc(O)c3)cc21. The topological polar surface area (TPSA) is 42.2 Å². The van der Waals surface area contributed by atoms with Crippen LogP contribution < -0.4 is 0 Å². The smallest absolute Gasteiger partial charge is 0.164 e. The van der Waals surface area contributed by atoms with Crippen molar-refractivity contribution in [1.29, 1.82) is 0 Å². The second-order valence-electron chi connectivity index (χ2n) is 4.82. The molecule has 0 fully saturated rings. The summed E-state index contributed by atoms with van der Waals surface area (Å²) < 4.78 is 2.03. The third-order valence-corrected chi connectivity index (χ3v) is 3.39. The molecule has 0 radical (unpaired) electrons. The molecule has 0 saturated heterocycles. The number of aromatic nitrogens is 1. The lowest BCUT2D eigenvalue weighted by molar-refractivity contribution is 0.0973. The standard InChI is InChI=1S/C15H15NO2/c17-13-5-1-3-11(7-13)8-16-9-12-4-2-6-15(18)14(12)10-16/h1,3,5,7,9-10,17H,2,4,6,8H2. The molecule has 0 atom stereocenters. The molecule has 1 aromatic carbocycles. The van der Waals surface area contributed by atoms with Crippen LogP contribution in [0.25, 0.3) is 0 Å². The molecular weight excluding hydrogens is 226 g/mol. The quantitative estimate of drug-likeness (QED) is 0.878. The van der Waals surface area contributed by atoms with Crippen LogP contribution >= 0.6 is 0 Å². The Morgan fingerprint density at radius 1 is 1.22 bits per heavy atom. The van der Waals surface area contributed by atoms with Gasteiger partial charge in [-0.2, -0.15) is 0 Å². The van der Waals surface area contributed by atoms with Gasteiger partial charge in [-0.25, -0.2) is 0 Å². The number of Topliss-reactive ketones (excluding diaryl/α,β-unsaturated/α-hetero) is 1. The zero-order valence-electron chi connectivity index (χ0n) is 10.1. The number of benzene rings is 1. The van der Waals surface area contributed by atoms with E-state index in [0.717, 1.165) is 29.5 Å². The molecule has 3 nitrogen and oxygen atoms in total.